The number of rotatable bonds is 4. The van der Waals surface area contributed by atoms with E-state index in [1.807, 2.05) is 0 Å². The molecule has 110 valence electrons. The van der Waals surface area contributed by atoms with E-state index in [1.54, 1.807) is 0 Å². The second-order valence-electron chi connectivity index (χ2n) is 6.09. The molecular weight excluding hydrogens is 264 g/mol. The quantitative estimate of drug-likeness (QED) is 0.852. The van der Waals surface area contributed by atoms with E-state index in [-0.39, 0.29) is 0 Å². The molecule has 1 aromatic carbocycles. The van der Waals surface area contributed by atoms with Gasteiger partial charge in [-0.1, -0.05) is 38.0 Å². The van der Waals surface area contributed by atoms with Crippen molar-refractivity contribution in [2.24, 2.45) is 0 Å². The van der Waals surface area contributed by atoms with Crippen LogP contribution in [0, 0.1) is 0 Å². The first-order valence-electron chi connectivity index (χ1n) is 7.99. The smallest absolute Gasteiger partial charge is 0.0412 e. The molecule has 0 aromatic heterocycles. The molecule has 2 nitrogen and oxygen atoms in total. The first-order chi connectivity index (χ1) is 9.83. The molecule has 1 aliphatic carbocycles. The summed E-state index contributed by atoms with van der Waals surface area (Å²) in [6, 6.07) is 8.95. The summed E-state index contributed by atoms with van der Waals surface area (Å²) in [6.45, 7) is 5.65. The minimum absolute atomic E-state index is 0.371. The van der Waals surface area contributed by atoms with Crippen LogP contribution < -0.4 is 10.2 Å². The van der Waals surface area contributed by atoms with Gasteiger partial charge < -0.3 is 10.2 Å². The van der Waals surface area contributed by atoms with E-state index in [2.05, 4.69) is 53.2 Å². The molecule has 3 heteroatoms. The summed E-state index contributed by atoms with van der Waals surface area (Å²) in [7, 11) is 0. The maximum atomic E-state index is 3.89. The lowest BCUT2D eigenvalue weighted by molar-refractivity contribution is 0.339. The highest BCUT2D eigenvalue weighted by Crippen LogP contribution is 2.35. The highest BCUT2D eigenvalue weighted by atomic mass is 32.2. The van der Waals surface area contributed by atoms with Crippen LogP contribution in [-0.4, -0.2) is 30.1 Å². The van der Waals surface area contributed by atoms with E-state index in [0.717, 1.165) is 6.54 Å². The number of hydrogen-bond acceptors (Lipinski definition) is 3. The van der Waals surface area contributed by atoms with Gasteiger partial charge in [-0.05, 0) is 30.2 Å². The molecule has 0 radical (unpaired) electrons. The van der Waals surface area contributed by atoms with Gasteiger partial charge in [0.2, 0.25) is 0 Å². The number of para-hydroxylation sites is 1. The van der Waals surface area contributed by atoms with E-state index in [4.69, 9.17) is 0 Å². The number of fused-ring (bicyclic) bond motifs is 1. The van der Waals surface area contributed by atoms with Crippen molar-refractivity contribution in [3.8, 4) is 0 Å². The van der Waals surface area contributed by atoms with E-state index in [9.17, 15) is 0 Å². The Hall–Kier alpha value is -0.670. The van der Waals surface area contributed by atoms with Crippen LogP contribution in [0.25, 0.3) is 0 Å². The lowest BCUT2D eigenvalue weighted by Gasteiger charge is -2.34. The van der Waals surface area contributed by atoms with Gasteiger partial charge in [0.1, 0.15) is 0 Å². The van der Waals surface area contributed by atoms with Crippen molar-refractivity contribution in [2.75, 3.05) is 29.5 Å². The second-order valence-corrected chi connectivity index (χ2v) is 7.48. The number of thioether (sulfide) groups is 1. The molecule has 1 saturated carbocycles. The number of benzene rings is 1. The average Bonchev–Trinajstić information content (AvgIpc) is 2.87. The predicted molar refractivity (Wildman–Crippen MR) is 89.7 cm³/mol. The van der Waals surface area contributed by atoms with E-state index in [0.29, 0.717) is 5.54 Å². The number of hydrogen-bond donors (Lipinski definition) is 1. The van der Waals surface area contributed by atoms with Gasteiger partial charge in [-0.3, -0.25) is 0 Å². The van der Waals surface area contributed by atoms with Gasteiger partial charge in [0, 0.05) is 36.6 Å². The number of anilines is 1. The second kappa shape index (κ2) is 6.40. The first-order valence-corrected chi connectivity index (χ1v) is 9.14. The summed E-state index contributed by atoms with van der Waals surface area (Å²) in [5.74, 6) is 2.46. The summed E-state index contributed by atoms with van der Waals surface area (Å²) >= 11 is 2.05. The van der Waals surface area contributed by atoms with Crippen molar-refractivity contribution in [3.05, 3.63) is 29.8 Å². The first kappa shape index (κ1) is 14.3. The van der Waals surface area contributed by atoms with Gasteiger partial charge in [-0.2, -0.15) is 11.8 Å². The van der Waals surface area contributed by atoms with Crippen molar-refractivity contribution in [3.63, 3.8) is 0 Å². The van der Waals surface area contributed by atoms with Crippen LogP contribution in [0.2, 0.25) is 0 Å². The van der Waals surface area contributed by atoms with E-state index >= 15 is 0 Å². The molecule has 2 aliphatic rings. The Kier molecular flexibility index (Phi) is 4.57. The molecule has 1 aliphatic heterocycles. The highest BCUT2D eigenvalue weighted by molar-refractivity contribution is 7.99. The van der Waals surface area contributed by atoms with Crippen LogP contribution in [0.5, 0.6) is 0 Å². The Balaban J connectivity index is 1.81. The van der Waals surface area contributed by atoms with Crippen LogP contribution in [0.4, 0.5) is 5.69 Å². The third kappa shape index (κ3) is 2.99. The monoisotopic (exact) mass is 290 g/mol. The highest BCUT2D eigenvalue weighted by Gasteiger charge is 2.37. The molecule has 0 amide bonds. The number of nitrogens with zero attached hydrogens (tertiary/aromatic N) is 1. The van der Waals surface area contributed by atoms with Crippen LogP contribution in [-0.2, 0) is 6.54 Å². The zero-order valence-electron chi connectivity index (χ0n) is 12.5. The fourth-order valence-corrected chi connectivity index (χ4v) is 4.30. The third-order valence-corrected chi connectivity index (χ3v) is 5.63. The maximum absolute atomic E-state index is 3.89. The van der Waals surface area contributed by atoms with E-state index in [1.165, 1.54) is 61.5 Å². The van der Waals surface area contributed by atoms with Crippen LogP contribution >= 0.6 is 11.8 Å². The number of nitrogens with one attached hydrogen (secondary N) is 1. The van der Waals surface area contributed by atoms with Crippen LogP contribution in [0.1, 0.15) is 38.2 Å². The molecule has 1 fully saturated rings. The molecule has 1 aromatic rings. The Bertz CT molecular complexity index is 440. The SMILES string of the molecule is CCSCCN1CC2(CCCC2)NCc2ccccc21. The molecule has 3 rings (SSSR count). The van der Waals surface area contributed by atoms with Gasteiger partial charge >= 0.3 is 0 Å². The zero-order valence-corrected chi connectivity index (χ0v) is 13.3. The van der Waals surface area contributed by atoms with Gasteiger partial charge in [0.05, 0.1) is 0 Å². The van der Waals surface area contributed by atoms with Crippen molar-refractivity contribution in [1.82, 2.24) is 5.32 Å². The molecule has 0 bridgehead atoms. The summed E-state index contributed by atoms with van der Waals surface area (Å²) in [4.78, 5) is 2.64. The largest absolute Gasteiger partial charge is 0.369 e. The van der Waals surface area contributed by atoms with Crippen LogP contribution in [0.15, 0.2) is 24.3 Å². The molecule has 0 atom stereocenters. The predicted octanol–water partition coefficient (Wildman–Crippen LogP) is 3.66. The molecule has 1 N–H and O–H groups in total. The van der Waals surface area contributed by atoms with Crippen LogP contribution in [0.3, 0.4) is 0 Å². The standard InChI is InChI=1S/C17H26N2S/c1-2-20-12-11-19-14-17(9-5-6-10-17)18-13-15-7-3-4-8-16(15)19/h3-4,7-8,18H,2,5-6,9-14H2,1H3. The summed E-state index contributed by atoms with van der Waals surface area (Å²) in [5, 5.41) is 3.89. The molecule has 0 saturated heterocycles. The normalized spacial score (nSPS) is 20.9. The molecule has 20 heavy (non-hydrogen) atoms. The Morgan fingerprint density at radius 1 is 1.25 bits per heavy atom. The molecule has 1 spiro atoms. The van der Waals surface area contributed by atoms with Gasteiger partial charge in [0.15, 0.2) is 0 Å². The fraction of sp³-hybridized carbons (Fsp3) is 0.647. The zero-order chi connectivity index (χ0) is 13.8. The van der Waals surface area contributed by atoms with Crippen molar-refractivity contribution in [2.45, 2.75) is 44.7 Å². The minimum Gasteiger partial charge on any atom is -0.369 e. The Morgan fingerprint density at radius 3 is 2.85 bits per heavy atom. The fourth-order valence-electron chi connectivity index (χ4n) is 3.66. The molecule has 1 heterocycles. The molecule has 0 unspecified atom stereocenters. The van der Waals surface area contributed by atoms with Gasteiger partial charge in [0.25, 0.3) is 0 Å². The average molecular weight is 290 g/mol. The lowest BCUT2D eigenvalue weighted by atomic mass is 9.97. The van der Waals surface area contributed by atoms with E-state index < -0.39 is 0 Å². The lowest BCUT2D eigenvalue weighted by Crippen LogP contribution is -2.50. The third-order valence-electron chi connectivity index (χ3n) is 4.75. The molecular formula is C17H26N2S. The minimum atomic E-state index is 0.371. The Morgan fingerprint density at radius 2 is 2.05 bits per heavy atom. The summed E-state index contributed by atoms with van der Waals surface area (Å²) in [5.41, 5.74) is 3.30. The van der Waals surface area contributed by atoms with Crippen molar-refractivity contribution in [1.29, 1.82) is 0 Å². The maximum Gasteiger partial charge on any atom is 0.0412 e. The van der Waals surface area contributed by atoms with Gasteiger partial charge in [-0.15, -0.1) is 0 Å². The topological polar surface area (TPSA) is 15.3 Å². The summed E-state index contributed by atoms with van der Waals surface area (Å²) in [6.07, 6.45) is 5.47. The summed E-state index contributed by atoms with van der Waals surface area (Å²) < 4.78 is 0. The van der Waals surface area contributed by atoms with Crippen molar-refractivity contribution >= 4 is 17.4 Å². The Labute approximate surface area is 127 Å². The van der Waals surface area contributed by atoms with Gasteiger partial charge in [-0.25, -0.2) is 0 Å². The van der Waals surface area contributed by atoms with Crippen molar-refractivity contribution < 1.29 is 0 Å².